The minimum Gasteiger partial charge on any atom is -0.459 e. The molecule has 0 radical (unpaired) electrons. The molecule has 2 aromatic rings. The summed E-state index contributed by atoms with van der Waals surface area (Å²) in [6.07, 6.45) is -0.188. The molecule has 4 nitrogen and oxygen atoms in total. The lowest BCUT2D eigenvalue weighted by atomic mass is 10.1. The van der Waals surface area contributed by atoms with Crippen molar-refractivity contribution in [1.82, 2.24) is 0 Å². The molecule has 0 fully saturated rings. The summed E-state index contributed by atoms with van der Waals surface area (Å²) >= 11 is 0. The van der Waals surface area contributed by atoms with Crippen LogP contribution in [-0.4, -0.2) is 12.1 Å². The number of esters is 1. The van der Waals surface area contributed by atoms with Crippen molar-refractivity contribution < 1.29 is 19.0 Å². The van der Waals surface area contributed by atoms with Gasteiger partial charge in [-0.2, -0.15) is 0 Å². The smallest absolute Gasteiger partial charge is 0.342 e. The van der Waals surface area contributed by atoms with E-state index in [1.165, 1.54) is 0 Å². The van der Waals surface area contributed by atoms with Crippen LogP contribution in [0.5, 0.6) is 23.0 Å². The summed E-state index contributed by atoms with van der Waals surface area (Å²) in [6, 6.07) is 10.9. The largest absolute Gasteiger partial charge is 0.459 e. The maximum Gasteiger partial charge on any atom is 0.342 e. The third-order valence-electron chi connectivity index (χ3n) is 3.14. The molecule has 0 unspecified atom stereocenters. The SMILES string of the molecule is Cc1cccc2c1Oc1cccc(C(=O)OC(C)C)c1O2. The fourth-order valence-electron chi connectivity index (χ4n) is 2.20. The first kappa shape index (κ1) is 13.5. The molecule has 2 aromatic carbocycles. The zero-order chi connectivity index (χ0) is 15.0. The molecule has 0 bridgehead atoms. The van der Waals surface area contributed by atoms with Crippen LogP contribution in [0.15, 0.2) is 36.4 Å². The maximum absolute atomic E-state index is 12.1. The average molecular weight is 284 g/mol. The van der Waals surface area contributed by atoms with Crippen LogP contribution in [0, 0.1) is 6.92 Å². The van der Waals surface area contributed by atoms with Crippen molar-refractivity contribution in [2.24, 2.45) is 0 Å². The van der Waals surface area contributed by atoms with Crippen molar-refractivity contribution in [2.45, 2.75) is 26.9 Å². The van der Waals surface area contributed by atoms with E-state index in [1.807, 2.05) is 39.0 Å². The lowest BCUT2D eigenvalue weighted by Crippen LogP contribution is -2.13. The summed E-state index contributed by atoms with van der Waals surface area (Å²) in [5.74, 6) is 1.80. The van der Waals surface area contributed by atoms with Gasteiger partial charge in [0.25, 0.3) is 0 Å². The van der Waals surface area contributed by atoms with Gasteiger partial charge in [-0.25, -0.2) is 4.79 Å². The van der Waals surface area contributed by atoms with Crippen molar-refractivity contribution in [3.63, 3.8) is 0 Å². The van der Waals surface area contributed by atoms with Crippen LogP contribution in [0.1, 0.15) is 29.8 Å². The number of benzene rings is 2. The van der Waals surface area contributed by atoms with Crippen molar-refractivity contribution in [2.75, 3.05) is 0 Å². The normalized spacial score (nSPS) is 12.0. The Morgan fingerprint density at radius 3 is 2.33 bits per heavy atom. The third-order valence-corrected chi connectivity index (χ3v) is 3.14. The summed E-state index contributed by atoms with van der Waals surface area (Å²) in [5, 5.41) is 0. The van der Waals surface area contributed by atoms with Crippen LogP contribution >= 0.6 is 0 Å². The maximum atomic E-state index is 12.1. The van der Waals surface area contributed by atoms with E-state index in [-0.39, 0.29) is 6.10 Å². The lowest BCUT2D eigenvalue weighted by Gasteiger charge is -2.23. The van der Waals surface area contributed by atoms with Gasteiger partial charge in [0.2, 0.25) is 0 Å². The molecular formula is C17H16O4. The monoisotopic (exact) mass is 284 g/mol. The van der Waals surface area contributed by atoms with Crippen LogP contribution in [0.2, 0.25) is 0 Å². The van der Waals surface area contributed by atoms with Crippen LogP contribution in [-0.2, 0) is 4.74 Å². The Hall–Kier alpha value is -2.49. The minimum absolute atomic E-state index is 0.188. The first-order valence-corrected chi connectivity index (χ1v) is 6.85. The molecule has 0 saturated carbocycles. The number of ether oxygens (including phenoxy) is 3. The fraction of sp³-hybridized carbons (Fsp3) is 0.235. The first-order valence-electron chi connectivity index (χ1n) is 6.85. The zero-order valence-electron chi connectivity index (χ0n) is 12.2. The van der Waals surface area contributed by atoms with E-state index < -0.39 is 5.97 Å². The molecule has 0 saturated heterocycles. The number of aryl methyl sites for hydroxylation is 1. The molecule has 1 aliphatic heterocycles. The molecular weight excluding hydrogens is 268 g/mol. The van der Waals surface area contributed by atoms with Gasteiger partial charge in [0.15, 0.2) is 23.0 Å². The Bertz CT molecular complexity index is 704. The topological polar surface area (TPSA) is 44.8 Å². The Labute approximate surface area is 123 Å². The van der Waals surface area contributed by atoms with Gasteiger partial charge in [-0.15, -0.1) is 0 Å². The highest BCUT2D eigenvalue weighted by Crippen LogP contribution is 2.48. The highest BCUT2D eigenvalue weighted by atomic mass is 16.6. The molecule has 0 spiro atoms. The predicted octanol–water partition coefficient (Wildman–Crippen LogP) is 4.46. The first-order chi connectivity index (χ1) is 10.1. The van der Waals surface area contributed by atoms with Gasteiger partial charge in [0.1, 0.15) is 5.56 Å². The number of carbonyl (C=O) groups excluding carboxylic acids is 1. The molecule has 1 aliphatic rings. The summed E-state index contributed by atoms with van der Waals surface area (Å²) in [6.45, 7) is 5.57. The van der Waals surface area contributed by atoms with Gasteiger partial charge >= 0.3 is 5.97 Å². The fourth-order valence-corrected chi connectivity index (χ4v) is 2.20. The van der Waals surface area contributed by atoms with Crippen molar-refractivity contribution in [3.8, 4) is 23.0 Å². The number of fused-ring (bicyclic) bond motifs is 2. The van der Waals surface area contributed by atoms with Gasteiger partial charge in [-0.1, -0.05) is 18.2 Å². The second kappa shape index (κ2) is 5.13. The molecule has 0 atom stereocenters. The number of rotatable bonds is 2. The Morgan fingerprint density at radius 2 is 1.62 bits per heavy atom. The summed E-state index contributed by atoms with van der Waals surface area (Å²) < 4.78 is 17.0. The number of hydrogen-bond donors (Lipinski definition) is 0. The highest BCUT2D eigenvalue weighted by molar-refractivity contribution is 5.94. The Balaban J connectivity index is 2.02. The Morgan fingerprint density at radius 1 is 1.00 bits per heavy atom. The van der Waals surface area contributed by atoms with E-state index in [1.54, 1.807) is 18.2 Å². The van der Waals surface area contributed by atoms with E-state index in [9.17, 15) is 4.79 Å². The second-order valence-corrected chi connectivity index (χ2v) is 5.19. The van der Waals surface area contributed by atoms with Gasteiger partial charge in [0, 0.05) is 0 Å². The molecule has 0 amide bonds. The number of carbonyl (C=O) groups is 1. The predicted molar refractivity (Wildman–Crippen MR) is 78.3 cm³/mol. The van der Waals surface area contributed by atoms with Crippen molar-refractivity contribution in [3.05, 3.63) is 47.5 Å². The van der Waals surface area contributed by atoms with Crippen LogP contribution < -0.4 is 9.47 Å². The molecule has 3 rings (SSSR count). The van der Waals surface area contributed by atoms with Gasteiger partial charge in [-0.3, -0.25) is 0 Å². The van der Waals surface area contributed by atoms with Gasteiger partial charge in [0.05, 0.1) is 6.10 Å². The van der Waals surface area contributed by atoms with E-state index in [0.717, 1.165) is 5.56 Å². The molecule has 0 N–H and O–H groups in total. The highest BCUT2D eigenvalue weighted by Gasteiger charge is 2.26. The molecule has 0 aliphatic carbocycles. The van der Waals surface area contributed by atoms with Crippen molar-refractivity contribution in [1.29, 1.82) is 0 Å². The standard InChI is InChI=1S/C17H16O4/c1-10(2)19-17(18)12-7-5-9-14-16(12)21-13-8-4-6-11(3)15(13)20-14/h4-10H,1-3H3. The van der Waals surface area contributed by atoms with E-state index >= 15 is 0 Å². The summed E-state index contributed by atoms with van der Waals surface area (Å²) in [7, 11) is 0. The van der Waals surface area contributed by atoms with Crippen LogP contribution in [0.3, 0.4) is 0 Å². The van der Waals surface area contributed by atoms with Crippen LogP contribution in [0.4, 0.5) is 0 Å². The Kier molecular flexibility index (Phi) is 3.29. The average Bonchev–Trinajstić information content (AvgIpc) is 2.44. The molecule has 108 valence electrons. The van der Waals surface area contributed by atoms with Gasteiger partial charge in [-0.05, 0) is 44.5 Å². The van der Waals surface area contributed by atoms with Crippen molar-refractivity contribution >= 4 is 5.97 Å². The second-order valence-electron chi connectivity index (χ2n) is 5.19. The molecule has 1 heterocycles. The van der Waals surface area contributed by atoms with E-state index in [4.69, 9.17) is 14.2 Å². The third kappa shape index (κ3) is 2.44. The van der Waals surface area contributed by atoms with Crippen LogP contribution in [0.25, 0.3) is 0 Å². The lowest BCUT2D eigenvalue weighted by molar-refractivity contribution is 0.0374. The minimum atomic E-state index is -0.415. The number of hydrogen-bond acceptors (Lipinski definition) is 4. The quantitative estimate of drug-likeness (QED) is 0.652. The van der Waals surface area contributed by atoms with E-state index in [2.05, 4.69) is 0 Å². The van der Waals surface area contributed by atoms with E-state index in [0.29, 0.717) is 28.6 Å². The molecule has 4 heteroatoms. The molecule has 21 heavy (non-hydrogen) atoms. The molecule has 0 aromatic heterocycles. The summed E-state index contributed by atoms with van der Waals surface area (Å²) in [5.41, 5.74) is 1.35. The zero-order valence-corrected chi connectivity index (χ0v) is 12.2. The summed E-state index contributed by atoms with van der Waals surface area (Å²) in [4.78, 5) is 12.1. The van der Waals surface area contributed by atoms with Gasteiger partial charge < -0.3 is 14.2 Å². The number of para-hydroxylation sites is 2.